The number of hydrogen-bond acceptors (Lipinski definition) is 1. The zero-order valence-corrected chi connectivity index (χ0v) is 10.7. The highest BCUT2D eigenvalue weighted by Crippen LogP contribution is 2.33. The zero-order chi connectivity index (χ0) is 11.9. The zero-order valence-electron chi connectivity index (χ0n) is 7.65. The lowest BCUT2D eigenvalue weighted by Gasteiger charge is -2.06. The van der Waals surface area contributed by atoms with Crippen LogP contribution in [-0.2, 0) is 0 Å². The number of nitrogens with zero attached hydrogens (tertiary/aromatic N) is 1. The van der Waals surface area contributed by atoms with Crippen molar-refractivity contribution in [1.82, 2.24) is 4.98 Å². The summed E-state index contributed by atoms with van der Waals surface area (Å²) >= 11 is 15.1. The molecule has 0 aliphatic rings. The van der Waals surface area contributed by atoms with E-state index in [1.807, 2.05) is 0 Å². The van der Waals surface area contributed by atoms with Crippen molar-refractivity contribution in [2.45, 2.75) is 6.43 Å². The van der Waals surface area contributed by atoms with Gasteiger partial charge in [0.1, 0.15) is 5.69 Å². The summed E-state index contributed by atoms with van der Waals surface area (Å²) in [6, 6.07) is 4.42. The number of fused-ring (bicyclic) bond motifs is 1. The maximum Gasteiger partial charge on any atom is 0.280 e. The van der Waals surface area contributed by atoms with Crippen molar-refractivity contribution in [3.63, 3.8) is 0 Å². The minimum atomic E-state index is -2.67. The van der Waals surface area contributed by atoms with E-state index in [0.29, 0.717) is 5.39 Å². The van der Waals surface area contributed by atoms with Crippen LogP contribution < -0.4 is 0 Å². The number of halogens is 5. The first-order chi connectivity index (χ1) is 7.49. The Morgan fingerprint density at radius 3 is 2.44 bits per heavy atom. The second-order valence-electron chi connectivity index (χ2n) is 3.11. The van der Waals surface area contributed by atoms with Gasteiger partial charge in [-0.25, -0.2) is 13.8 Å². The van der Waals surface area contributed by atoms with E-state index in [4.69, 9.17) is 23.2 Å². The van der Waals surface area contributed by atoms with Crippen LogP contribution in [0.5, 0.6) is 0 Å². The molecular formula is C10H4BrCl2F2N. The van der Waals surface area contributed by atoms with Crippen LogP contribution in [0.15, 0.2) is 22.7 Å². The van der Waals surface area contributed by atoms with Crippen molar-refractivity contribution in [3.05, 3.63) is 38.4 Å². The molecule has 0 atom stereocenters. The summed E-state index contributed by atoms with van der Waals surface area (Å²) in [4.78, 5) is 3.79. The summed E-state index contributed by atoms with van der Waals surface area (Å²) < 4.78 is 25.7. The number of pyridine rings is 1. The van der Waals surface area contributed by atoms with Crippen LogP contribution in [0.4, 0.5) is 8.78 Å². The molecule has 0 fully saturated rings. The quantitative estimate of drug-likeness (QED) is 0.698. The lowest BCUT2D eigenvalue weighted by atomic mass is 10.2. The molecular weight excluding hydrogens is 323 g/mol. The van der Waals surface area contributed by atoms with E-state index in [1.54, 1.807) is 12.1 Å². The first kappa shape index (κ1) is 12.0. The Kier molecular flexibility index (Phi) is 3.33. The summed E-state index contributed by atoms with van der Waals surface area (Å²) in [7, 11) is 0. The Hall–Kier alpha value is -0.450. The second-order valence-corrected chi connectivity index (χ2v) is 4.84. The molecule has 0 aliphatic carbocycles. The van der Waals surface area contributed by atoms with Crippen molar-refractivity contribution in [1.29, 1.82) is 0 Å². The molecule has 2 rings (SSSR count). The van der Waals surface area contributed by atoms with Crippen LogP contribution in [0.2, 0.25) is 10.0 Å². The summed E-state index contributed by atoms with van der Waals surface area (Å²) in [5, 5.41) is 1.04. The van der Waals surface area contributed by atoms with Gasteiger partial charge in [-0.3, -0.25) is 0 Å². The third-order valence-corrected chi connectivity index (χ3v) is 3.08. The normalized spacial score (nSPS) is 11.4. The van der Waals surface area contributed by atoms with E-state index < -0.39 is 6.43 Å². The van der Waals surface area contributed by atoms with Gasteiger partial charge in [-0.15, -0.1) is 0 Å². The summed E-state index contributed by atoms with van der Waals surface area (Å²) in [5.74, 6) is 0. The lowest BCUT2D eigenvalue weighted by Crippen LogP contribution is -1.92. The Morgan fingerprint density at radius 2 is 1.81 bits per heavy atom. The van der Waals surface area contributed by atoms with Crippen LogP contribution in [0.3, 0.4) is 0 Å². The van der Waals surface area contributed by atoms with Gasteiger partial charge in [0.2, 0.25) is 0 Å². The fourth-order valence-corrected chi connectivity index (χ4v) is 2.45. The average Bonchev–Trinajstić information content (AvgIpc) is 2.19. The Balaban J connectivity index is 2.82. The molecule has 0 saturated heterocycles. The number of rotatable bonds is 1. The van der Waals surface area contributed by atoms with Crippen LogP contribution in [0, 0.1) is 0 Å². The monoisotopic (exact) mass is 325 g/mol. The van der Waals surface area contributed by atoms with E-state index in [0.717, 1.165) is 10.5 Å². The summed E-state index contributed by atoms with van der Waals surface area (Å²) in [5.41, 5.74) is -0.0885. The summed E-state index contributed by atoms with van der Waals surface area (Å²) in [6.07, 6.45) is -2.67. The van der Waals surface area contributed by atoms with Crippen LogP contribution in [0.25, 0.3) is 10.9 Å². The predicted octanol–water partition coefficient (Wildman–Crippen LogP) is 5.24. The molecule has 0 saturated carbocycles. The standard InChI is InChI=1S/C10H4BrCl2F2N/c11-4-1-5-6(12)3-8(10(14)15)16-9(5)7(13)2-4/h1-3,10H. The molecule has 0 radical (unpaired) electrons. The highest BCUT2D eigenvalue weighted by Gasteiger charge is 2.14. The molecule has 1 nitrogen and oxygen atoms in total. The van der Waals surface area contributed by atoms with Crippen LogP contribution in [0.1, 0.15) is 12.1 Å². The minimum Gasteiger partial charge on any atom is -0.245 e. The second kappa shape index (κ2) is 4.43. The van der Waals surface area contributed by atoms with Gasteiger partial charge in [-0.2, -0.15) is 0 Å². The molecule has 6 heteroatoms. The van der Waals surface area contributed by atoms with Gasteiger partial charge < -0.3 is 0 Å². The van der Waals surface area contributed by atoms with Gasteiger partial charge in [0.05, 0.1) is 15.6 Å². The van der Waals surface area contributed by atoms with Gasteiger partial charge in [-0.1, -0.05) is 39.1 Å². The average molecular weight is 327 g/mol. The maximum absolute atomic E-state index is 12.5. The first-order valence-electron chi connectivity index (χ1n) is 4.22. The smallest absolute Gasteiger partial charge is 0.245 e. The molecule has 0 unspecified atom stereocenters. The van der Waals surface area contributed by atoms with Crippen LogP contribution >= 0.6 is 39.1 Å². The molecule has 0 amide bonds. The largest absolute Gasteiger partial charge is 0.280 e. The van der Waals surface area contributed by atoms with Gasteiger partial charge >= 0.3 is 0 Å². The minimum absolute atomic E-state index is 0.212. The Labute approximate surface area is 109 Å². The summed E-state index contributed by atoms with van der Waals surface area (Å²) in [6.45, 7) is 0. The fraction of sp³-hybridized carbons (Fsp3) is 0.100. The SMILES string of the molecule is FC(F)c1cc(Cl)c2cc(Br)cc(Cl)c2n1. The van der Waals surface area contributed by atoms with E-state index >= 15 is 0 Å². The molecule has 1 aromatic carbocycles. The molecule has 1 aromatic heterocycles. The van der Waals surface area contributed by atoms with Crippen molar-refractivity contribution in [3.8, 4) is 0 Å². The van der Waals surface area contributed by atoms with Gasteiger partial charge in [0.25, 0.3) is 6.43 Å². The molecule has 0 bridgehead atoms. The molecule has 16 heavy (non-hydrogen) atoms. The topological polar surface area (TPSA) is 12.9 Å². The molecule has 0 spiro atoms. The van der Waals surface area contributed by atoms with E-state index in [2.05, 4.69) is 20.9 Å². The van der Waals surface area contributed by atoms with Gasteiger partial charge in [0.15, 0.2) is 0 Å². The predicted molar refractivity (Wildman–Crippen MR) is 64.4 cm³/mol. The Morgan fingerprint density at radius 1 is 1.12 bits per heavy atom. The third kappa shape index (κ3) is 2.14. The van der Waals surface area contributed by atoms with Crippen molar-refractivity contribution >= 4 is 50.0 Å². The fourth-order valence-electron chi connectivity index (χ4n) is 1.34. The maximum atomic E-state index is 12.5. The van der Waals surface area contributed by atoms with E-state index in [9.17, 15) is 8.78 Å². The molecule has 2 aromatic rings. The van der Waals surface area contributed by atoms with Gasteiger partial charge in [-0.05, 0) is 18.2 Å². The molecule has 84 valence electrons. The number of benzene rings is 1. The Bertz CT molecular complexity index is 560. The van der Waals surface area contributed by atoms with Crippen molar-refractivity contribution in [2.24, 2.45) is 0 Å². The third-order valence-electron chi connectivity index (χ3n) is 2.02. The highest BCUT2D eigenvalue weighted by atomic mass is 79.9. The lowest BCUT2D eigenvalue weighted by molar-refractivity contribution is 0.146. The van der Waals surface area contributed by atoms with Crippen LogP contribution in [-0.4, -0.2) is 4.98 Å². The molecule has 0 aliphatic heterocycles. The highest BCUT2D eigenvalue weighted by molar-refractivity contribution is 9.10. The number of hydrogen-bond donors (Lipinski definition) is 0. The van der Waals surface area contributed by atoms with Crippen molar-refractivity contribution < 1.29 is 8.78 Å². The number of aromatic nitrogens is 1. The first-order valence-corrected chi connectivity index (χ1v) is 5.77. The van der Waals surface area contributed by atoms with Gasteiger partial charge in [0, 0.05) is 9.86 Å². The van der Waals surface area contributed by atoms with E-state index in [-0.39, 0.29) is 21.3 Å². The molecule has 1 heterocycles. The molecule has 0 N–H and O–H groups in total. The number of alkyl halides is 2. The van der Waals surface area contributed by atoms with Crippen molar-refractivity contribution in [2.75, 3.05) is 0 Å². The van der Waals surface area contributed by atoms with E-state index in [1.165, 1.54) is 0 Å².